The second-order valence-corrected chi connectivity index (χ2v) is 5.19. The Kier molecular flexibility index (Phi) is 4.53. The minimum absolute atomic E-state index is 0.202. The standard InChI is InChI=1S/C14H11BrN2O2.C2H6/c1-8-12-6-11(19)7-13(15)14(12)16-17(8)9-2-4-10(18)5-3-9;1-2/h2-7,18-19H,1H3;1-2H3. The molecule has 1 aromatic heterocycles. The zero-order chi connectivity index (χ0) is 15.6. The Labute approximate surface area is 131 Å². The first-order chi connectivity index (χ1) is 10.1. The molecule has 0 aliphatic carbocycles. The van der Waals surface area contributed by atoms with Gasteiger partial charge in [0.1, 0.15) is 17.0 Å². The van der Waals surface area contributed by atoms with Gasteiger partial charge in [-0.15, -0.1) is 0 Å². The molecule has 0 bridgehead atoms. The lowest BCUT2D eigenvalue weighted by Crippen LogP contribution is -1.97. The molecule has 0 saturated heterocycles. The number of aromatic nitrogens is 2. The van der Waals surface area contributed by atoms with Crippen molar-refractivity contribution >= 4 is 26.8 Å². The summed E-state index contributed by atoms with van der Waals surface area (Å²) in [5.74, 6) is 0.421. The van der Waals surface area contributed by atoms with Gasteiger partial charge in [-0.2, -0.15) is 5.10 Å². The Bertz CT molecular complexity index is 764. The summed E-state index contributed by atoms with van der Waals surface area (Å²) in [5, 5.41) is 24.4. The second-order valence-electron chi connectivity index (χ2n) is 4.34. The Morgan fingerprint density at radius 1 is 1.00 bits per heavy atom. The van der Waals surface area contributed by atoms with E-state index >= 15 is 0 Å². The molecule has 0 amide bonds. The van der Waals surface area contributed by atoms with Crippen molar-refractivity contribution in [3.05, 3.63) is 46.6 Å². The molecule has 0 atom stereocenters. The van der Waals surface area contributed by atoms with E-state index in [2.05, 4.69) is 21.0 Å². The average molecular weight is 349 g/mol. The van der Waals surface area contributed by atoms with Gasteiger partial charge in [-0.05, 0) is 59.3 Å². The van der Waals surface area contributed by atoms with Crippen LogP contribution in [0.4, 0.5) is 0 Å². The molecule has 0 fully saturated rings. The molecule has 0 aliphatic heterocycles. The highest BCUT2D eigenvalue weighted by molar-refractivity contribution is 9.10. The summed E-state index contributed by atoms with van der Waals surface area (Å²) in [6.07, 6.45) is 0. The van der Waals surface area contributed by atoms with Crippen molar-refractivity contribution < 1.29 is 10.2 Å². The SMILES string of the molecule is CC.Cc1c2cc(O)cc(Br)c2nn1-c1ccc(O)cc1. The van der Waals surface area contributed by atoms with Crippen LogP contribution in [0.2, 0.25) is 0 Å². The van der Waals surface area contributed by atoms with Gasteiger partial charge in [0.25, 0.3) is 0 Å². The molecule has 0 aliphatic rings. The van der Waals surface area contributed by atoms with Crippen molar-refractivity contribution in [3.8, 4) is 17.2 Å². The highest BCUT2D eigenvalue weighted by Gasteiger charge is 2.12. The van der Waals surface area contributed by atoms with Crippen molar-refractivity contribution in [2.45, 2.75) is 20.8 Å². The average Bonchev–Trinajstić information content (AvgIpc) is 2.80. The van der Waals surface area contributed by atoms with E-state index in [-0.39, 0.29) is 11.5 Å². The Morgan fingerprint density at radius 2 is 1.62 bits per heavy atom. The van der Waals surface area contributed by atoms with Crippen molar-refractivity contribution in [1.82, 2.24) is 9.78 Å². The molecule has 3 rings (SSSR count). The monoisotopic (exact) mass is 348 g/mol. The highest BCUT2D eigenvalue weighted by atomic mass is 79.9. The van der Waals surface area contributed by atoms with Crippen LogP contribution >= 0.6 is 15.9 Å². The number of aromatic hydroxyl groups is 2. The van der Waals surface area contributed by atoms with Crippen LogP contribution in [-0.4, -0.2) is 20.0 Å². The quantitative estimate of drug-likeness (QED) is 0.678. The minimum Gasteiger partial charge on any atom is -0.508 e. The molecule has 5 heteroatoms. The van der Waals surface area contributed by atoms with Crippen LogP contribution in [0.1, 0.15) is 19.5 Å². The van der Waals surface area contributed by atoms with E-state index in [1.165, 1.54) is 0 Å². The lowest BCUT2D eigenvalue weighted by atomic mass is 10.2. The van der Waals surface area contributed by atoms with E-state index in [0.717, 1.165) is 26.8 Å². The van der Waals surface area contributed by atoms with Crippen LogP contribution in [0.25, 0.3) is 16.6 Å². The van der Waals surface area contributed by atoms with Crippen LogP contribution < -0.4 is 0 Å². The molecule has 1 heterocycles. The van der Waals surface area contributed by atoms with Gasteiger partial charge in [-0.3, -0.25) is 0 Å². The molecule has 110 valence electrons. The van der Waals surface area contributed by atoms with E-state index in [1.807, 2.05) is 20.8 Å². The molecule has 2 N–H and O–H groups in total. The maximum atomic E-state index is 9.65. The lowest BCUT2D eigenvalue weighted by Gasteiger charge is -2.03. The number of fused-ring (bicyclic) bond motifs is 1. The zero-order valence-corrected chi connectivity index (χ0v) is 13.7. The fourth-order valence-corrected chi connectivity index (χ4v) is 2.62. The normalized spacial score (nSPS) is 10.3. The number of halogens is 1. The summed E-state index contributed by atoms with van der Waals surface area (Å²) >= 11 is 3.40. The summed E-state index contributed by atoms with van der Waals surface area (Å²) in [7, 11) is 0. The van der Waals surface area contributed by atoms with Crippen molar-refractivity contribution in [3.63, 3.8) is 0 Å². The fraction of sp³-hybridized carbons (Fsp3) is 0.188. The second kappa shape index (κ2) is 6.18. The van der Waals surface area contributed by atoms with E-state index < -0.39 is 0 Å². The maximum Gasteiger partial charge on any atom is 0.117 e. The van der Waals surface area contributed by atoms with E-state index in [1.54, 1.807) is 41.1 Å². The molecule has 0 saturated carbocycles. The van der Waals surface area contributed by atoms with Gasteiger partial charge in [-0.1, -0.05) is 13.8 Å². The molecule has 4 nitrogen and oxygen atoms in total. The van der Waals surface area contributed by atoms with E-state index in [9.17, 15) is 10.2 Å². The third-order valence-corrected chi connectivity index (χ3v) is 3.65. The van der Waals surface area contributed by atoms with Gasteiger partial charge in [0.05, 0.1) is 5.69 Å². The van der Waals surface area contributed by atoms with Gasteiger partial charge in [0, 0.05) is 15.6 Å². The fourth-order valence-electron chi connectivity index (χ4n) is 2.10. The number of benzene rings is 2. The van der Waals surface area contributed by atoms with Crippen LogP contribution in [0, 0.1) is 6.92 Å². The predicted octanol–water partition coefficient (Wildman–Crippen LogP) is 4.53. The number of nitrogens with zero attached hydrogens (tertiary/aromatic N) is 2. The number of phenolic OH excluding ortho intramolecular Hbond substituents is 2. The largest absolute Gasteiger partial charge is 0.508 e. The third-order valence-electron chi connectivity index (χ3n) is 3.05. The lowest BCUT2D eigenvalue weighted by molar-refractivity contribution is 0.475. The van der Waals surface area contributed by atoms with E-state index in [4.69, 9.17) is 0 Å². The van der Waals surface area contributed by atoms with Crippen LogP contribution in [-0.2, 0) is 0 Å². The van der Waals surface area contributed by atoms with Crippen molar-refractivity contribution in [2.24, 2.45) is 0 Å². The summed E-state index contributed by atoms with van der Waals surface area (Å²) in [4.78, 5) is 0. The molecular weight excluding hydrogens is 332 g/mol. The maximum absolute atomic E-state index is 9.65. The first kappa shape index (κ1) is 15.4. The highest BCUT2D eigenvalue weighted by Crippen LogP contribution is 2.31. The Morgan fingerprint density at radius 3 is 2.24 bits per heavy atom. The number of rotatable bonds is 1. The molecule has 3 aromatic rings. The molecule has 0 spiro atoms. The minimum atomic E-state index is 0.202. The molecule has 21 heavy (non-hydrogen) atoms. The van der Waals surface area contributed by atoms with Crippen LogP contribution in [0.15, 0.2) is 40.9 Å². The van der Waals surface area contributed by atoms with Gasteiger partial charge < -0.3 is 10.2 Å². The van der Waals surface area contributed by atoms with Gasteiger partial charge >= 0.3 is 0 Å². The van der Waals surface area contributed by atoms with Crippen molar-refractivity contribution in [2.75, 3.05) is 0 Å². The topological polar surface area (TPSA) is 58.3 Å². The van der Waals surface area contributed by atoms with Gasteiger partial charge in [0.15, 0.2) is 0 Å². The summed E-state index contributed by atoms with van der Waals surface area (Å²) in [6.45, 7) is 5.94. The number of phenols is 2. The van der Waals surface area contributed by atoms with Crippen LogP contribution in [0.3, 0.4) is 0 Å². The third kappa shape index (κ3) is 2.88. The predicted molar refractivity (Wildman–Crippen MR) is 88.2 cm³/mol. The Balaban J connectivity index is 0.000000774. The van der Waals surface area contributed by atoms with Crippen molar-refractivity contribution in [1.29, 1.82) is 0 Å². The van der Waals surface area contributed by atoms with Gasteiger partial charge in [0.2, 0.25) is 0 Å². The molecular formula is C16H17BrN2O2. The van der Waals surface area contributed by atoms with Crippen LogP contribution in [0.5, 0.6) is 11.5 Å². The summed E-state index contributed by atoms with van der Waals surface area (Å²) < 4.78 is 2.54. The summed E-state index contributed by atoms with van der Waals surface area (Å²) in [5.41, 5.74) is 2.58. The number of hydrogen-bond acceptors (Lipinski definition) is 3. The Hall–Kier alpha value is -2.01. The zero-order valence-electron chi connectivity index (χ0n) is 12.1. The number of hydrogen-bond donors (Lipinski definition) is 2. The molecule has 0 radical (unpaired) electrons. The smallest absolute Gasteiger partial charge is 0.117 e. The molecule has 0 unspecified atom stereocenters. The van der Waals surface area contributed by atoms with Gasteiger partial charge in [-0.25, -0.2) is 4.68 Å². The molecule has 2 aromatic carbocycles. The number of aryl methyl sites for hydroxylation is 1. The van der Waals surface area contributed by atoms with E-state index in [0.29, 0.717) is 0 Å². The first-order valence-corrected chi connectivity index (χ1v) is 7.53. The summed E-state index contributed by atoms with van der Waals surface area (Å²) in [6, 6.07) is 10.1. The first-order valence-electron chi connectivity index (χ1n) is 6.73.